The molecule has 1 aliphatic carbocycles. The van der Waals surface area contributed by atoms with Crippen molar-refractivity contribution in [2.24, 2.45) is 17.6 Å². The number of nitrogens with one attached hydrogen (secondary N) is 1. The zero-order valence-electron chi connectivity index (χ0n) is 10.1. The lowest BCUT2D eigenvalue weighted by molar-refractivity contribution is -0.124. The highest BCUT2D eigenvalue weighted by Gasteiger charge is 2.30. The van der Waals surface area contributed by atoms with Crippen molar-refractivity contribution in [2.75, 3.05) is 0 Å². The smallest absolute Gasteiger partial charge is 0.237 e. The minimum Gasteiger partial charge on any atom is -0.351 e. The Kier molecular flexibility index (Phi) is 4.75. The Hall–Kier alpha value is -1.08. The van der Waals surface area contributed by atoms with Gasteiger partial charge in [-0.05, 0) is 25.2 Å². The van der Waals surface area contributed by atoms with Gasteiger partial charge in [-0.2, -0.15) is 5.26 Å². The van der Waals surface area contributed by atoms with E-state index in [1.165, 1.54) is 0 Å². The standard InChI is InChI=1S/C12H21N3O/c1-3-8(2)11(14)12(16)15-10-6-4-5-9(10)7-13/h8-11H,3-6,14H2,1-2H3,(H,15,16). The first-order chi connectivity index (χ1) is 7.60. The largest absolute Gasteiger partial charge is 0.351 e. The lowest BCUT2D eigenvalue weighted by atomic mass is 9.98. The van der Waals surface area contributed by atoms with Gasteiger partial charge in [-0.25, -0.2) is 0 Å². The number of nitrogens with two attached hydrogens (primary N) is 1. The first-order valence-corrected chi connectivity index (χ1v) is 6.05. The molecule has 3 N–H and O–H groups in total. The molecule has 4 nitrogen and oxygen atoms in total. The fourth-order valence-electron chi connectivity index (χ4n) is 2.08. The number of carbonyl (C=O) groups is 1. The van der Waals surface area contributed by atoms with Gasteiger partial charge in [0.05, 0.1) is 18.0 Å². The molecular formula is C12H21N3O. The summed E-state index contributed by atoms with van der Waals surface area (Å²) in [6, 6.07) is 1.80. The average Bonchev–Trinajstić information content (AvgIpc) is 2.74. The zero-order valence-corrected chi connectivity index (χ0v) is 10.1. The predicted molar refractivity (Wildman–Crippen MR) is 62.3 cm³/mol. The van der Waals surface area contributed by atoms with Crippen LogP contribution < -0.4 is 11.1 Å². The van der Waals surface area contributed by atoms with Crippen LogP contribution in [0.15, 0.2) is 0 Å². The summed E-state index contributed by atoms with van der Waals surface area (Å²) in [7, 11) is 0. The van der Waals surface area contributed by atoms with Crippen molar-refractivity contribution in [3.05, 3.63) is 0 Å². The maximum Gasteiger partial charge on any atom is 0.237 e. The molecule has 1 amide bonds. The number of amides is 1. The van der Waals surface area contributed by atoms with Crippen molar-refractivity contribution >= 4 is 5.91 Å². The Morgan fingerprint density at radius 3 is 2.88 bits per heavy atom. The van der Waals surface area contributed by atoms with E-state index in [1.54, 1.807) is 0 Å². The topological polar surface area (TPSA) is 78.9 Å². The molecule has 0 aromatic heterocycles. The van der Waals surface area contributed by atoms with Crippen LogP contribution in [0.1, 0.15) is 39.5 Å². The van der Waals surface area contributed by atoms with Crippen LogP contribution in [-0.2, 0) is 4.79 Å². The van der Waals surface area contributed by atoms with Crippen LogP contribution in [0.3, 0.4) is 0 Å². The third-order valence-electron chi connectivity index (χ3n) is 3.57. The Morgan fingerprint density at radius 2 is 2.31 bits per heavy atom. The van der Waals surface area contributed by atoms with Gasteiger partial charge < -0.3 is 11.1 Å². The number of nitriles is 1. The van der Waals surface area contributed by atoms with Gasteiger partial charge in [0.25, 0.3) is 0 Å². The van der Waals surface area contributed by atoms with E-state index in [9.17, 15) is 4.79 Å². The van der Waals surface area contributed by atoms with E-state index in [-0.39, 0.29) is 23.8 Å². The van der Waals surface area contributed by atoms with Crippen molar-refractivity contribution in [1.29, 1.82) is 5.26 Å². The number of nitrogens with zero attached hydrogens (tertiary/aromatic N) is 1. The molecule has 90 valence electrons. The summed E-state index contributed by atoms with van der Waals surface area (Å²) in [6.45, 7) is 3.99. The van der Waals surface area contributed by atoms with E-state index in [2.05, 4.69) is 11.4 Å². The number of hydrogen-bond acceptors (Lipinski definition) is 3. The van der Waals surface area contributed by atoms with E-state index < -0.39 is 6.04 Å². The summed E-state index contributed by atoms with van der Waals surface area (Å²) in [5, 5.41) is 11.8. The fraction of sp³-hybridized carbons (Fsp3) is 0.833. The molecule has 4 atom stereocenters. The predicted octanol–water partition coefficient (Wildman–Crippen LogP) is 1.17. The third-order valence-corrected chi connectivity index (χ3v) is 3.57. The SMILES string of the molecule is CCC(C)C(N)C(=O)NC1CCCC1C#N. The van der Waals surface area contributed by atoms with Gasteiger partial charge in [0.1, 0.15) is 0 Å². The van der Waals surface area contributed by atoms with Crippen molar-refractivity contribution in [1.82, 2.24) is 5.32 Å². The Bertz CT molecular complexity index is 284. The van der Waals surface area contributed by atoms with Gasteiger partial charge in [-0.3, -0.25) is 4.79 Å². The molecular weight excluding hydrogens is 202 g/mol. The zero-order chi connectivity index (χ0) is 12.1. The van der Waals surface area contributed by atoms with Gasteiger partial charge >= 0.3 is 0 Å². The quantitative estimate of drug-likeness (QED) is 0.750. The maximum absolute atomic E-state index is 11.8. The summed E-state index contributed by atoms with van der Waals surface area (Å²) >= 11 is 0. The van der Waals surface area contributed by atoms with E-state index in [0.29, 0.717) is 0 Å². The molecule has 1 aliphatic rings. The number of carbonyl (C=O) groups excluding carboxylic acids is 1. The highest BCUT2D eigenvalue weighted by atomic mass is 16.2. The minimum atomic E-state index is -0.454. The van der Waals surface area contributed by atoms with Gasteiger partial charge in [0, 0.05) is 6.04 Å². The van der Waals surface area contributed by atoms with E-state index in [4.69, 9.17) is 11.0 Å². The van der Waals surface area contributed by atoms with Crippen molar-refractivity contribution < 1.29 is 4.79 Å². The third kappa shape index (κ3) is 2.96. The second-order valence-electron chi connectivity index (χ2n) is 4.69. The molecule has 0 saturated heterocycles. The summed E-state index contributed by atoms with van der Waals surface area (Å²) in [5.41, 5.74) is 5.84. The first-order valence-electron chi connectivity index (χ1n) is 6.05. The average molecular weight is 223 g/mol. The first kappa shape index (κ1) is 13.0. The molecule has 4 heteroatoms. The molecule has 1 fully saturated rings. The van der Waals surface area contributed by atoms with Crippen LogP contribution in [0.4, 0.5) is 0 Å². The van der Waals surface area contributed by atoms with E-state index in [0.717, 1.165) is 25.7 Å². The second kappa shape index (κ2) is 5.86. The molecule has 0 bridgehead atoms. The molecule has 16 heavy (non-hydrogen) atoms. The Labute approximate surface area is 97.2 Å². The summed E-state index contributed by atoms with van der Waals surface area (Å²) < 4.78 is 0. The molecule has 0 radical (unpaired) electrons. The van der Waals surface area contributed by atoms with Gasteiger partial charge in [-0.15, -0.1) is 0 Å². The van der Waals surface area contributed by atoms with E-state index in [1.807, 2.05) is 13.8 Å². The molecule has 1 saturated carbocycles. The molecule has 1 rings (SSSR count). The summed E-state index contributed by atoms with van der Waals surface area (Å²) in [4.78, 5) is 11.8. The molecule has 4 unspecified atom stereocenters. The van der Waals surface area contributed by atoms with Crippen LogP contribution in [-0.4, -0.2) is 18.0 Å². The van der Waals surface area contributed by atoms with Crippen LogP contribution in [0.2, 0.25) is 0 Å². The van der Waals surface area contributed by atoms with E-state index >= 15 is 0 Å². The van der Waals surface area contributed by atoms with Crippen molar-refractivity contribution in [3.8, 4) is 6.07 Å². The van der Waals surface area contributed by atoms with Crippen LogP contribution in [0.5, 0.6) is 0 Å². The Morgan fingerprint density at radius 1 is 1.62 bits per heavy atom. The highest BCUT2D eigenvalue weighted by molar-refractivity contribution is 5.82. The minimum absolute atomic E-state index is 0.00704. The molecule has 0 aliphatic heterocycles. The lowest BCUT2D eigenvalue weighted by Crippen LogP contribution is -2.49. The molecule has 0 heterocycles. The second-order valence-corrected chi connectivity index (χ2v) is 4.69. The molecule has 0 aromatic rings. The van der Waals surface area contributed by atoms with Gasteiger partial charge in [-0.1, -0.05) is 20.3 Å². The van der Waals surface area contributed by atoms with Crippen molar-refractivity contribution in [2.45, 2.75) is 51.6 Å². The lowest BCUT2D eigenvalue weighted by Gasteiger charge is -2.22. The maximum atomic E-state index is 11.8. The van der Waals surface area contributed by atoms with Crippen LogP contribution >= 0.6 is 0 Å². The summed E-state index contributed by atoms with van der Waals surface area (Å²) in [5.74, 6) is 0.0384. The molecule has 0 spiro atoms. The fourth-order valence-corrected chi connectivity index (χ4v) is 2.08. The summed E-state index contributed by atoms with van der Waals surface area (Å²) in [6.07, 6.45) is 3.69. The molecule has 0 aromatic carbocycles. The van der Waals surface area contributed by atoms with Crippen LogP contribution in [0.25, 0.3) is 0 Å². The number of rotatable bonds is 4. The monoisotopic (exact) mass is 223 g/mol. The normalized spacial score (nSPS) is 28.1. The van der Waals surface area contributed by atoms with Gasteiger partial charge in [0.2, 0.25) is 5.91 Å². The number of hydrogen-bond donors (Lipinski definition) is 2. The highest BCUT2D eigenvalue weighted by Crippen LogP contribution is 2.25. The van der Waals surface area contributed by atoms with Gasteiger partial charge in [0.15, 0.2) is 0 Å². The van der Waals surface area contributed by atoms with Crippen LogP contribution in [0, 0.1) is 23.2 Å². The van der Waals surface area contributed by atoms with Crippen molar-refractivity contribution in [3.63, 3.8) is 0 Å². The Balaban J connectivity index is 2.48.